The molecule has 0 aliphatic carbocycles. The van der Waals surface area contributed by atoms with E-state index in [1.165, 1.54) is 6.21 Å². The van der Waals surface area contributed by atoms with Crippen LogP contribution in [0.1, 0.15) is 26.0 Å². The minimum atomic E-state index is -0.933. The molecule has 25 heavy (non-hydrogen) atoms. The molecule has 2 aromatic rings. The normalized spacial score (nSPS) is 20.6. The number of carbonyl (C=O) groups is 2. The smallest absolute Gasteiger partial charge is 0.346 e. The van der Waals surface area contributed by atoms with Gasteiger partial charge in [-0.15, -0.1) is 5.01 Å². The third kappa shape index (κ3) is 3.27. The van der Waals surface area contributed by atoms with Crippen molar-refractivity contribution in [1.82, 2.24) is 10.3 Å². The van der Waals surface area contributed by atoms with E-state index in [9.17, 15) is 9.59 Å². The Morgan fingerprint density at radius 2 is 2.04 bits per heavy atom. The summed E-state index contributed by atoms with van der Waals surface area (Å²) in [7, 11) is 0. The van der Waals surface area contributed by atoms with Gasteiger partial charge in [-0.2, -0.15) is 5.10 Å². The van der Waals surface area contributed by atoms with Crippen molar-refractivity contribution in [1.29, 1.82) is 0 Å². The van der Waals surface area contributed by atoms with Gasteiger partial charge in [0.25, 0.3) is 5.91 Å². The third-order valence-electron chi connectivity index (χ3n) is 4.07. The first kappa shape index (κ1) is 17.5. The molecule has 3 rings (SSSR count). The van der Waals surface area contributed by atoms with E-state index < -0.39 is 17.5 Å². The largest absolute Gasteiger partial charge is 0.455 e. The third-order valence-corrected chi connectivity index (χ3v) is 4.63. The second-order valence-corrected chi connectivity index (χ2v) is 6.65. The molecule has 1 N–H and O–H groups in total. The van der Waals surface area contributed by atoms with Crippen LogP contribution in [0.4, 0.5) is 4.79 Å². The molecule has 2 heterocycles. The van der Waals surface area contributed by atoms with Gasteiger partial charge in [0.15, 0.2) is 0 Å². The van der Waals surface area contributed by atoms with Gasteiger partial charge in [-0.05, 0) is 43.7 Å². The molecule has 1 saturated heterocycles. The molecule has 8 heteroatoms. The minimum absolute atomic E-state index is 0.372. The van der Waals surface area contributed by atoms with Crippen molar-refractivity contribution in [3.05, 3.63) is 46.1 Å². The summed E-state index contributed by atoms with van der Waals surface area (Å²) in [6.45, 7) is 3.48. The van der Waals surface area contributed by atoms with Crippen LogP contribution in [0.15, 0.2) is 39.9 Å². The Balaban J connectivity index is 1.82. The summed E-state index contributed by atoms with van der Waals surface area (Å²) in [5, 5.41) is 8.39. The summed E-state index contributed by atoms with van der Waals surface area (Å²) in [4.78, 5) is 24.2. The molecule has 1 aromatic carbocycles. The number of hydrogen-bond donors (Lipinski definition) is 1. The average Bonchev–Trinajstić information content (AvgIpc) is 3.13. The Hall–Kier alpha value is -2.31. The van der Waals surface area contributed by atoms with Crippen LogP contribution in [0, 0.1) is 0 Å². The number of furan rings is 1. The lowest BCUT2D eigenvalue weighted by Crippen LogP contribution is -2.42. The Labute approximate surface area is 154 Å². The summed E-state index contributed by atoms with van der Waals surface area (Å²) in [6, 6.07) is 7.85. The highest BCUT2D eigenvalue weighted by Crippen LogP contribution is 2.31. The summed E-state index contributed by atoms with van der Waals surface area (Å²) in [6.07, 6.45) is 1.78. The summed E-state index contributed by atoms with van der Waals surface area (Å²) in [5.74, 6) is 0.474. The van der Waals surface area contributed by atoms with Crippen molar-refractivity contribution in [2.75, 3.05) is 0 Å². The van der Waals surface area contributed by atoms with Gasteiger partial charge in [0.2, 0.25) is 0 Å². The number of benzene rings is 1. The second-order valence-electron chi connectivity index (χ2n) is 5.80. The van der Waals surface area contributed by atoms with Gasteiger partial charge >= 0.3 is 6.03 Å². The molecule has 130 valence electrons. The van der Waals surface area contributed by atoms with Gasteiger partial charge in [0.05, 0.1) is 11.2 Å². The molecule has 1 aliphatic heterocycles. The summed E-state index contributed by atoms with van der Waals surface area (Å²) in [5.41, 5.74) is -0.292. The maximum Gasteiger partial charge on any atom is 0.346 e. The molecular weight excluding hydrogens is 365 g/mol. The molecule has 0 bridgehead atoms. The number of amides is 3. The standard InChI is InChI=1S/C17H15Cl2N3O3/c1-3-17(2)15(23)22(16(24)21-17)20-9-11-5-7-14(25-11)12-8-10(18)4-6-13(12)19/h4-9H,3H2,1-2H3,(H,21,24). The van der Waals surface area contributed by atoms with Crippen LogP contribution in [-0.4, -0.2) is 28.7 Å². The molecule has 1 atom stereocenters. The highest BCUT2D eigenvalue weighted by atomic mass is 35.5. The van der Waals surface area contributed by atoms with Gasteiger partial charge in [-0.1, -0.05) is 30.1 Å². The number of nitrogens with one attached hydrogen (secondary N) is 1. The van der Waals surface area contributed by atoms with E-state index in [2.05, 4.69) is 10.4 Å². The zero-order valence-electron chi connectivity index (χ0n) is 13.5. The lowest BCUT2D eigenvalue weighted by atomic mass is 10.00. The number of halogens is 2. The Morgan fingerprint density at radius 3 is 2.72 bits per heavy atom. The van der Waals surface area contributed by atoms with Crippen LogP contribution in [-0.2, 0) is 4.79 Å². The zero-order chi connectivity index (χ0) is 18.2. The first-order valence-corrected chi connectivity index (χ1v) is 8.35. The van der Waals surface area contributed by atoms with Crippen LogP contribution in [0.25, 0.3) is 11.3 Å². The molecule has 0 spiro atoms. The van der Waals surface area contributed by atoms with E-state index in [-0.39, 0.29) is 0 Å². The van der Waals surface area contributed by atoms with Gasteiger partial charge in [0, 0.05) is 10.6 Å². The van der Waals surface area contributed by atoms with Crippen LogP contribution in [0.5, 0.6) is 0 Å². The Bertz CT molecular complexity index is 878. The fourth-order valence-electron chi connectivity index (χ4n) is 2.38. The second kappa shape index (κ2) is 6.54. The number of hydrogen-bond acceptors (Lipinski definition) is 4. The van der Waals surface area contributed by atoms with E-state index in [0.29, 0.717) is 33.6 Å². The molecule has 1 fully saturated rings. The van der Waals surface area contributed by atoms with Crippen molar-refractivity contribution in [2.45, 2.75) is 25.8 Å². The van der Waals surface area contributed by atoms with Crippen LogP contribution in [0.3, 0.4) is 0 Å². The molecular formula is C17H15Cl2N3O3. The predicted octanol–water partition coefficient (Wildman–Crippen LogP) is 4.31. The first-order chi connectivity index (χ1) is 11.8. The quantitative estimate of drug-likeness (QED) is 0.635. The molecule has 0 saturated carbocycles. The van der Waals surface area contributed by atoms with Crippen molar-refractivity contribution in [2.24, 2.45) is 5.10 Å². The number of hydrazone groups is 1. The van der Waals surface area contributed by atoms with Gasteiger partial charge in [-0.25, -0.2) is 4.79 Å². The fourth-order valence-corrected chi connectivity index (χ4v) is 2.76. The molecule has 1 aromatic heterocycles. The highest BCUT2D eigenvalue weighted by molar-refractivity contribution is 6.35. The maximum absolute atomic E-state index is 12.3. The molecule has 0 radical (unpaired) electrons. The molecule has 6 nitrogen and oxygen atoms in total. The maximum atomic E-state index is 12.3. The Kier molecular flexibility index (Phi) is 4.58. The minimum Gasteiger partial charge on any atom is -0.455 e. The Morgan fingerprint density at radius 1 is 1.28 bits per heavy atom. The number of nitrogens with zero attached hydrogens (tertiary/aromatic N) is 2. The van der Waals surface area contributed by atoms with Gasteiger partial charge in [0.1, 0.15) is 17.1 Å². The summed E-state index contributed by atoms with van der Waals surface area (Å²) >= 11 is 12.1. The molecule has 1 aliphatic rings. The first-order valence-electron chi connectivity index (χ1n) is 7.60. The molecule has 1 unspecified atom stereocenters. The fraction of sp³-hybridized carbons (Fsp3) is 0.235. The summed E-state index contributed by atoms with van der Waals surface area (Å²) < 4.78 is 5.65. The lowest BCUT2D eigenvalue weighted by molar-refractivity contribution is -0.130. The van der Waals surface area contributed by atoms with E-state index >= 15 is 0 Å². The van der Waals surface area contributed by atoms with Crippen LogP contribution < -0.4 is 5.32 Å². The van der Waals surface area contributed by atoms with Crippen LogP contribution in [0.2, 0.25) is 10.0 Å². The van der Waals surface area contributed by atoms with Crippen molar-refractivity contribution < 1.29 is 14.0 Å². The van der Waals surface area contributed by atoms with Crippen molar-refractivity contribution >= 4 is 41.4 Å². The molecule has 3 amide bonds. The van der Waals surface area contributed by atoms with Crippen molar-refractivity contribution in [3.8, 4) is 11.3 Å². The van der Waals surface area contributed by atoms with Crippen molar-refractivity contribution in [3.63, 3.8) is 0 Å². The number of urea groups is 1. The average molecular weight is 380 g/mol. The predicted molar refractivity (Wildman–Crippen MR) is 95.8 cm³/mol. The van der Waals surface area contributed by atoms with Gasteiger partial charge in [-0.3, -0.25) is 4.79 Å². The van der Waals surface area contributed by atoms with Crippen LogP contribution >= 0.6 is 23.2 Å². The zero-order valence-corrected chi connectivity index (χ0v) is 15.1. The van der Waals surface area contributed by atoms with E-state index in [1.807, 2.05) is 6.92 Å². The SMILES string of the molecule is CCC1(C)NC(=O)N(N=Cc2ccc(-c3cc(Cl)ccc3Cl)o2)C1=O. The topological polar surface area (TPSA) is 74.9 Å². The number of imide groups is 1. The number of carbonyl (C=O) groups excluding carboxylic acids is 2. The highest BCUT2D eigenvalue weighted by Gasteiger charge is 2.46. The lowest BCUT2D eigenvalue weighted by Gasteiger charge is -2.17. The number of rotatable bonds is 4. The van der Waals surface area contributed by atoms with Gasteiger partial charge < -0.3 is 9.73 Å². The van der Waals surface area contributed by atoms with E-state index in [1.54, 1.807) is 37.3 Å². The van der Waals surface area contributed by atoms with E-state index in [4.69, 9.17) is 27.6 Å². The van der Waals surface area contributed by atoms with E-state index in [0.717, 1.165) is 5.01 Å². The monoisotopic (exact) mass is 379 g/mol.